The van der Waals surface area contributed by atoms with Gasteiger partial charge in [0.25, 0.3) is 0 Å². The number of likely N-dealkylation sites (tertiary alicyclic amines) is 1. The summed E-state index contributed by atoms with van der Waals surface area (Å²) in [5.41, 5.74) is 1.96. The van der Waals surface area contributed by atoms with Crippen LogP contribution < -0.4 is 5.32 Å². The average Bonchev–Trinajstić information content (AvgIpc) is 3.05. The molecule has 1 amide bonds. The number of carbonyl (C=O) groups excluding carboxylic acids is 1. The Morgan fingerprint density at radius 1 is 1.35 bits per heavy atom. The van der Waals surface area contributed by atoms with E-state index in [9.17, 15) is 4.79 Å². The summed E-state index contributed by atoms with van der Waals surface area (Å²) in [6.07, 6.45) is 3.11. The van der Waals surface area contributed by atoms with Crippen molar-refractivity contribution >= 4 is 27.5 Å². The van der Waals surface area contributed by atoms with Gasteiger partial charge in [0.15, 0.2) is 6.29 Å². The van der Waals surface area contributed by atoms with E-state index in [-0.39, 0.29) is 18.2 Å². The summed E-state index contributed by atoms with van der Waals surface area (Å²) in [6.45, 7) is 4.61. The van der Waals surface area contributed by atoms with Crippen LogP contribution in [-0.4, -0.2) is 49.4 Å². The summed E-state index contributed by atoms with van der Waals surface area (Å²) in [5, 5.41) is 2.99. The van der Waals surface area contributed by atoms with E-state index in [1.807, 2.05) is 25.1 Å². The Bertz CT molecular complexity index is 561. The minimum atomic E-state index is -0.186. The van der Waals surface area contributed by atoms with Gasteiger partial charge in [0.2, 0.25) is 5.91 Å². The first-order valence-corrected chi connectivity index (χ1v) is 8.96. The molecule has 0 aliphatic carbocycles. The molecule has 1 aromatic rings. The fourth-order valence-electron chi connectivity index (χ4n) is 3.22. The van der Waals surface area contributed by atoms with Crippen LogP contribution in [0.25, 0.3) is 0 Å². The van der Waals surface area contributed by atoms with Crippen molar-refractivity contribution < 1.29 is 14.3 Å². The van der Waals surface area contributed by atoms with E-state index < -0.39 is 0 Å². The molecule has 0 radical (unpaired) electrons. The number of piperidine rings is 1. The second-order valence-corrected chi connectivity index (χ2v) is 7.03. The Kier molecular flexibility index (Phi) is 5.69. The number of nitrogens with one attached hydrogen (secondary N) is 1. The highest BCUT2D eigenvalue weighted by molar-refractivity contribution is 9.10. The van der Waals surface area contributed by atoms with Crippen molar-refractivity contribution in [1.82, 2.24) is 4.90 Å². The monoisotopic (exact) mass is 382 g/mol. The number of aryl methyl sites for hydroxylation is 1. The number of anilines is 1. The Labute approximate surface area is 145 Å². The second-order valence-electron chi connectivity index (χ2n) is 6.18. The van der Waals surface area contributed by atoms with Crippen molar-refractivity contribution in [2.75, 3.05) is 31.6 Å². The first-order valence-electron chi connectivity index (χ1n) is 8.17. The molecule has 2 aliphatic heterocycles. The molecule has 3 rings (SSSR count). The molecule has 1 atom stereocenters. The van der Waals surface area contributed by atoms with Gasteiger partial charge in [0.05, 0.1) is 31.5 Å². The molecule has 126 valence electrons. The SMILES string of the molecule is Cc1ccc(NC(=O)CN2CCCCC2C2OCCO2)c(Br)c1. The van der Waals surface area contributed by atoms with E-state index in [1.54, 1.807) is 0 Å². The normalized spacial score (nSPS) is 23.1. The summed E-state index contributed by atoms with van der Waals surface area (Å²) in [7, 11) is 0. The number of rotatable bonds is 4. The number of ether oxygens (including phenoxy) is 2. The van der Waals surface area contributed by atoms with Gasteiger partial charge in [-0.2, -0.15) is 0 Å². The van der Waals surface area contributed by atoms with Gasteiger partial charge in [0.1, 0.15) is 0 Å². The third-order valence-electron chi connectivity index (χ3n) is 4.37. The van der Waals surface area contributed by atoms with Gasteiger partial charge in [-0.3, -0.25) is 9.69 Å². The molecule has 1 unspecified atom stereocenters. The van der Waals surface area contributed by atoms with E-state index in [0.29, 0.717) is 19.8 Å². The van der Waals surface area contributed by atoms with E-state index in [4.69, 9.17) is 9.47 Å². The summed E-state index contributed by atoms with van der Waals surface area (Å²) in [4.78, 5) is 14.6. The number of hydrogen-bond acceptors (Lipinski definition) is 4. The highest BCUT2D eigenvalue weighted by Gasteiger charge is 2.34. The predicted molar refractivity (Wildman–Crippen MR) is 92.4 cm³/mol. The number of halogens is 1. The maximum absolute atomic E-state index is 12.4. The van der Waals surface area contributed by atoms with Crippen molar-refractivity contribution in [3.8, 4) is 0 Å². The molecule has 2 aliphatic rings. The Morgan fingerprint density at radius 2 is 2.13 bits per heavy atom. The van der Waals surface area contributed by atoms with E-state index in [0.717, 1.165) is 41.5 Å². The molecule has 5 nitrogen and oxygen atoms in total. The van der Waals surface area contributed by atoms with Crippen LogP contribution in [0.2, 0.25) is 0 Å². The lowest BCUT2D eigenvalue weighted by Gasteiger charge is -2.37. The molecular weight excluding hydrogens is 360 g/mol. The highest BCUT2D eigenvalue weighted by atomic mass is 79.9. The maximum atomic E-state index is 12.4. The van der Waals surface area contributed by atoms with Gasteiger partial charge in [-0.1, -0.05) is 12.5 Å². The van der Waals surface area contributed by atoms with Gasteiger partial charge in [-0.15, -0.1) is 0 Å². The Morgan fingerprint density at radius 3 is 2.87 bits per heavy atom. The summed E-state index contributed by atoms with van der Waals surface area (Å²) >= 11 is 3.50. The van der Waals surface area contributed by atoms with Gasteiger partial charge >= 0.3 is 0 Å². The molecule has 1 aromatic carbocycles. The van der Waals surface area contributed by atoms with Crippen LogP contribution in [0.15, 0.2) is 22.7 Å². The zero-order valence-electron chi connectivity index (χ0n) is 13.4. The summed E-state index contributed by atoms with van der Waals surface area (Å²) < 4.78 is 12.2. The molecule has 0 saturated carbocycles. The standard InChI is InChI=1S/C17H23BrN2O3/c1-12-5-6-14(13(18)10-12)19-16(21)11-20-7-3-2-4-15(20)17-22-8-9-23-17/h5-6,10,15,17H,2-4,7-9,11H2,1H3,(H,19,21). The first-order chi connectivity index (χ1) is 11.1. The minimum Gasteiger partial charge on any atom is -0.349 e. The van der Waals surface area contributed by atoms with Crippen LogP contribution in [-0.2, 0) is 14.3 Å². The van der Waals surface area contributed by atoms with Gasteiger partial charge in [-0.05, 0) is 59.9 Å². The van der Waals surface area contributed by atoms with Crippen molar-refractivity contribution in [3.63, 3.8) is 0 Å². The van der Waals surface area contributed by atoms with E-state index in [1.165, 1.54) is 0 Å². The van der Waals surface area contributed by atoms with Crippen molar-refractivity contribution in [2.24, 2.45) is 0 Å². The predicted octanol–water partition coefficient (Wildman–Crippen LogP) is 2.92. The fraction of sp³-hybridized carbons (Fsp3) is 0.588. The van der Waals surface area contributed by atoms with Crippen LogP contribution in [0.1, 0.15) is 24.8 Å². The van der Waals surface area contributed by atoms with E-state index in [2.05, 4.69) is 26.1 Å². The van der Waals surface area contributed by atoms with E-state index >= 15 is 0 Å². The maximum Gasteiger partial charge on any atom is 0.238 e. The zero-order valence-corrected chi connectivity index (χ0v) is 15.0. The lowest BCUT2D eigenvalue weighted by atomic mass is 10.0. The molecule has 2 heterocycles. The molecule has 2 fully saturated rings. The topological polar surface area (TPSA) is 50.8 Å². The van der Waals surface area contributed by atoms with Crippen molar-refractivity contribution in [2.45, 2.75) is 38.5 Å². The van der Waals surface area contributed by atoms with Crippen LogP contribution in [0.3, 0.4) is 0 Å². The molecule has 0 bridgehead atoms. The number of carbonyl (C=O) groups is 1. The molecule has 23 heavy (non-hydrogen) atoms. The average molecular weight is 383 g/mol. The van der Waals surface area contributed by atoms with Crippen LogP contribution >= 0.6 is 15.9 Å². The van der Waals surface area contributed by atoms with Crippen molar-refractivity contribution in [1.29, 1.82) is 0 Å². The Hall–Kier alpha value is -0.950. The lowest BCUT2D eigenvalue weighted by molar-refractivity contribution is -0.127. The number of hydrogen-bond donors (Lipinski definition) is 1. The quantitative estimate of drug-likeness (QED) is 0.869. The minimum absolute atomic E-state index is 0.000509. The van der Waals surface area contributed by atoms with Crippen molar-refractivity contribution in [3.05, 3.63) is 28.2 Å². The summed E-state index contributed by atoms with van der Waals surface area (Å²) in [5.74, 6) is -0.000509. The van der Waals surface area contributed by atoms with Gasteiger partial charge in [0, 0.05) is 4.47 Å². The largest absolute Gasteiger partial charge is 0.349 e. The van der Waals surface area contributed by atoms with Crippen LogP contribution in [0.5, 0.6) is 0 Å². The lowest BCUT2D eigenvalue weighted by Crippen LogP contribution is -2.50. The number of amides is 1. The van der Waals surface area contributed by atoms with Crippen LogP contribution in [0, 0.1) is 6.92 Å². The highest BCUT2D eigenvalue weighted by Crippen LogP contribution is 2.26. The molecule has 2 saturated heterocycles. The molecule has 6 heteroatoms. The molecular formula is C17H23BrN2O3. The fourth-order valence-corrected chi connectivity index (χ4v) is 3.81. The number of benzene rings is 1. The Balaban J connectivity index is 1.61. The third kappa shape index (κ3) is 4.32. The molecule has 0 spiro atoms. The number of nitrogens with zero attached hydrogens (tertiary/aromatic N) is 1. The van der Waals surface area contributed by atoms with Gasteiger partial charge < -0.3 is 14.8 Å². The molecule has 0 aromatic heterocycles. The molecule has 1 N–H and O–H groups in total. The first kappa shape index (κ1) is 16.9. The summed E-state index contributed by atoms with van der Waals surface area (Å²) in [6, 6.07) is 6.09. The third-order valence-corrected chi connectivity index (χ3v) is 5.03. The smallest absolute Gasteiger partial charge is 0.238 e. The second kappa shape index (κ2) is 7.75. The zero-order chi connectivity index (χ0) is 16.2. The van der Waals surface area contributed by atoms with Crippen LogP contribution in [0.4, 0.5) is 5.69 Å². The van der Waals surface area contributed by atoms with Gasteiger partial charge in [-0.25, -0.2) is 0 Å².